The van der Waals surface area contributed by atoms with Gasteiger partial charge in [0.2, 0.25) is 0 Å². The number of amides is 1. The Bertz CT molecular complexity index is 1130. The van der Waals surface area contributed by atoms with Gasteiger partial charge in [0.15, 0.2) is 17.7 Å². The Labute approximate surface area is 280 Å². The molecule has 13 atom stereocenters. The Morgan fingerprint density at radius 1 is 1.17 bits per heavy atom. The standard InChI is InChI=1S/C34H58N4O9/c1-12-14-35-18-23-15-24(38(9)10)27(40)31(44-23)46-29-20(4)26(39)21(5)30(41)45-25(13-2)34(8)28(37-32(42)47-34)22(6)36-17-19(3)16-33(29,7)43-11/h1,19-25,27-29,31,35-36,40H,13-18H2,2-11H3,(H,37,42)/t19-,20+,21?,22-,23?,24?,25-,27?,28-,29-,31+,33-,34-/m1/s1. The Hall–Kier alpha value is -2.31. The molecule has 3 rings (SSSR count). The van der Waals surface area contributed by atoms with Crippen molar-refractivity contribution in [2.24, 2.45) is 17.8 Å². The molecule has 0 aromatic heterocycles. The number of hydrogen-bond acceptors (Lipinski definition) is 12. The van der Waals surface area contributed by atoms with E-state index in [4.69, 9.17) is 30.1 Å². The summed E-state index contributed by atoms with van der Waals surface area (Å²) in [6, 6.07) is -1.04. The quantitative estimate of drug-likeness (QED) is 0.128. The number of likely N-dealkylation sites (N-methyl/N-ethyl adjacent to an activating group) is 1. The fraction of sp³-hybridized carbons (Fsp3) is 0.853. The van der Waals surface area contributed by atoms with E-state index in [1.54, 1.807) is 21.0 Å². The molecule has 4 N–H and O–H groups in total. The van der Waals surface area contributed by atoms with Crippen molar-refractivity contribution in [2.45, 2.75) is 128 Å². The molecule has 13 nitrogen and oxygen atoms in total. The van der Waals surface area contributed by atoms with Gasteiger partial charge < -0.3 is 49.6 Å². The number of nitrogens with one attached hydrogen (secondary N) is 3. The maximum Gasteiger partial charge on any atom is 0.408 e. The lowest BCUT2D eigenvalue weighted by atomic mass is 9.78. The van der Waals surface area contributed by atoms with E-state index in [1.807, 2.05) is 39.8 Å². The molecule has 3 aliphatic rings. The van der Waals surface area contributed by atoms with E-state index < -0.39 is 71.5 Å². The number of ether oxygens (including phenoxy) is 5. The lowest BCUT2D eigenvalue weighted by Crippen LogP contribution is -2.60. The van der Waals surface area contributed by atoms with Crippen LogP contribution >= 0.6 is 0 Å². The molecule has 3 fully saturated rings. The molecule has 0 aliphatic carbocycles. The lowest BCUT2D eigenvalue weighted by Gasteiger charge is -2.47. The van der Waals surface area contributed by atoms with Crippen molar-refractivity contribution < 1.29 is 43.2 Å². The molecule has 13 heteroatoms. The molecular formula is C34H58N4O9. The zero-order valence-corrected chi connectivity index (χ0v) is 29.8. The van der Waals surface area contributed by atoms with Crippen LogP contribution in [0.5, 0.6) is 0 Å². The van der Waals surface area contributed by atoms with E-state index in [0.29, 0.717) is 38.9 Å². The highest BCUT2D eigenvalue weighted by Gasteiger charge is 2.55. The molecule has 0 aromatic carbocycles. The maximum absolute atomic E-state index is 14.1. The van der Waals surface area contributed by atoms with E-state index in [9.17, 15) is 19.5 Å². The number of terminal acetylenes is 1. The first-order valence-electron chi connectivity index (χ1n) is 16.8. The van der Waals surface area contributed by atoms with Gasteiger partial charge in [-0.15, -0.1) is 6.42 Å². The number of methoxy groups -OCH3 is 1. The van der Waals surface area contributed by atoms with Crippen LogP contribution in [0.2, 0.25) is 0 Å². The van der Waals surface area contributed by atoms with Crippen LogP contribution in [0.25, 0.3) is 0 Å². The van der Waals surface area contributed by atoms with Crippen molar-refractivity contribution in [3.05, 3.63) is 0 Å². The number of carbonyl (C=O) groups excluding carboxylic acids is 3. The highest BCUT2D eigenvalue weighted by Crippen LogP contribution is 2.37. The van der Waals surface area contributed by atoms with Gasteiger partial charge in [-0.3, -0.25) is 9.59 Å². The first-order chi connectivity index (χ1) is 22.0. The summed E-state index contributed by atoms with van der Waals surface area (Å²) in [6.07, 6.45) is 2.04. The third-order valence-corrected chi connectivity index (χ3v) is 10.3. The molecule has 1 amide bonds. The maximum atomic E-state index is 14.1. The smallest absolute Gasteiger partial charge is 0.408 e. The van der Waals surface area contributed by atoms with Gasteiger partial charge in [0.25, 0.3) is 0 Å². The second-order valence-electron chi connectivity index (χ2n) is 14.2. The van der Waals surface area contributed by atoms with Crippen LogP contribution < -0.4 is 16.0 Å². The SMILES string of the molecule is C#CCNCC1CC(N(C)C)C(O)[C@H](O[C@@H]2[C@@H](C)C(=O)C(C)C(=O)O[C@H](CC)[C@@]3(C)OC(=O)N[C@@H]3[C@@H](C)NC[C@H](C)C[C@@]2(C)OC)O1. The van der Waals surface area contributed by atoms with Crippen molar-refractivity contribution in [3.8, 4) is 12.3 Å². The monoisotopic (exact) mass is 666 g/mol. The van der Waals surface area contributed by atoms with Gasteiger partial charge in [-0.25, -0.2) is 4.79 Å². The van der Waals surface area contributed by atoms with Crippen LogP contribution in [0.4, 0.5) is 4.79 Å². The fourth-order valence-electron chi connectivity index (χ4n) is 7.46. The third kappa shape index (κ3) is 8.84. The minimum absolute atomic E-state index is 0.00918. The largest absolute Gasteiger partial charge is 0.458 e. The molecule has 3 saturated heterocycles. The van der Waals surface area contributed by atoms with Crippen molar-refractivity contribution in [1.29, 1.82) is 0 Å². The number of nitrogens with zero attached hydrogens (tertiary/aromatic N) is 1. The minimum Gasteiger partial charge on any atom is -0.458 e. The number of aliphatic hydroxyl groups excluding tert-OH is 1. The van der Waals surface area contributed by atoms with E-state index in [2.05, 4.69) is 28.8 Å². The predicted molar refractivity (Wildman–Crippen MR) is 175 cm³/mol. The Morgan fingerprint density at radius 2 is 1.85 bits per heavy atom. The Morgan fingerprint density at radius 3 is 2.45 bits per heavy atom. The zero-order valence-electron chi connectivity index (χ0n) is 29.8. The van der Waals surface area contributed by atoms with Crippen LogP contribution in [0.1, 0.15) is 67.7 Å². The topological polar surface area (TPSA) is 157 Å². The summed E-state index contributed by atoms with van der Waals surface area (Å²) in [7, 11) is 5.34. The molecule has 268 valence electrons. The number of aliphatic hydroxyl groups is 1. The summed E-state index contributed by atoms with van der Waals surface area (Å²) in [5, 5.41) is 21.1. The van der Waals surface area contributed by atoms with Crippen LogP contribution in [-0.4, -0.2) is 129 Å². The summed E-state index contributed by atoms with van der Waals surface area (Å²) < 4.78 is 30.8. The molecule has 0 saturated carbocycles. The van der Waals surface area contributed by atoms with Gasteiger partial charge in [-0.1, -0.05) is 26.7 Å². The number of esters is 1. The molecule has 0 radical (unpaired) electrons. The van der Waals surface area contributed by atoms with Crippen molar-refractivity contribution >= 4 is 17.8 Å². The van der Waals surface area contributed by atoms with Crippen LogP contribution in [0.15, 0.2) is 0 Å². The predicted octanol–water partition coefficient (Wildman–Crippen LogP) is 1.45. The molecular weight excluding hydrogens is 608 g/mol. The first-order valence-corrected chi connectivity index (χ1v) is 16.8. The average molecular weight is 667 g/mol. The summed E-state index contributed by atoms with van der Waals surface area (Å²) >= 11 is 0. The molecule has 47 heavy (non-hydrogen) atoms. The van der Waals surface area contributed by atoms with E-state index in [0.717, 1.165) is 0 Å². The number of Topliss-reactive ketones (excluding diaryl/α,β-unsaturated/α-hetero) is 1. The number of carbonyl (C=O) groups is 3. The van der Waals surface area contributed by atoms with Crippen molar-refractivity contribution in [2.75, 3.05) is 40.8 Å². The summed E-state index contributed by atoms with van der Waals surface area (Å²) in [5.74, 6) is -0.590. The third-order valence-electron chi connectivity index (χ3n) is 10.3. The second kappa shape index (κ2) is 16.4. The molecule has 3 aliphatic heterocycles. The fourth-order valence-corrected chi connectivity index (χ4v) is 7.46. The van der Waals surface area contributed by atoms with Crippen molar-refractivity contribution in [1.82, 2.24) is 20.9 Å². The number of ketones is 1. The van der Waals surface area contributed by atoms with Gasteiger partial charge in [0.1, 0.15) is 18.1 Å². The van der Waals surface area contributed by atoms with E-state index in [1.165, 1.54) is 6.92 Å². The van der Waals surface area contributed by atoms with Crippen LogP contribution in [0, 0.1) is 30.1 Å². The number of cyclic esters (lactones) is 1. The second-order valence-corrected chi connectivity index (χ2v) is 14.2. The lowest BCUT2D eigenvalue weighted by molar-refractivity contribution is -0.297. The number of alkyl carbamates (subject to hydrolysis) is 1. The minimum atomic E-state index is -1.17. The number of hydrogen-bond donors (Lipinski definition) is 4. The Kier molecular flexibility index (Phi) is 13.6. The van der Waals surface area contributed by atoms with Gasteiger partial charge in [0.05, 0.1) is 30.4 Å². The summed E-state index contributed by atoms with van der Waals surface area (Å²) in [4.78, 5) is 42.2. The average Bonchev–Trinajstić information content (AvgIpc) is 3.34. The first kappa shape index (κ1) is 39.1. The number of rotatable bonds is 8. The molecule has 0 spiro atoms. The van der Waals surface area contributed by atoms with Crippen LogP contribution in [0.3, 0.4) is 0 Å². The normalized spacial score (nSPS) is 42.4. The summed E-state index contributed by atoms with van der Waals surface area (Å²) in [6.45, 7) is 14.1. The zero-order chi connectivity index (χ0) is 35.3. The van der Waals surface area contributed by atoms with Gasteiger partial charge in [-0.2, -0.15) is 0 Å². The highest BCUT2D eigenvalue weighted by molar-refractivity contribution is 6.00. The van der Waals surface area contributed by atoms with Crippen molar-refractivity contribution in [3.63, 3.8) is 0 Å². The Balaban J connectivity index is 2.01. The van der Waals surface area contributed by atoms with E-state index in [-0.39, 0.29) is 24.1 Å². The molecule has 0 aromatic rings. The van der Waals surface area contributed by atoms with Gasteiger partial charge in [0, 0.05) is 31.7 Å². The molecule has 4 unspecified atom stereocenters. The van der Waals surface area contributed by atoms with E-state index >= 15 is 0 Å². The van der Waals surface area contributed by atoms with Crippen LogP contribution in [-0.2, 0) is 33.3 Å². The van der Waals surface area contributed by atoms with Gasteiger partial charge in [-0.05, 0) is 73.5 Å². The van der Waals surface area contributed by atoms with Gasteiger partial charge >= 0.3 is 12.1 Å². The summed E-state index contributed by atoms with van der Waals surface area (Å²) in [5.41, 5.74) is -2.21. The highest BCUT2D eigenvalue weighted by atomic mass is 16.7. The molecule has 3 heterocycles. The molecule has 0 bridgehead atoms. The number of fused-ring (bicyclic) bond motifs is 1.